The van der Waals surface area contributed by atoms with E-state index in [1.165, 1.54) is 23.5 Å². The molecule has 4 rings (SSSR count). The second kappa shape index (κ2) is 7.93. The maximum Gasteiger partial charge on any atom is 0.259 e. The van der Waals surface area contributed by atoms with E-state index in [0.717, 1.165) is 21.8 Å². The van der Waals surface area contributed by atoms with E-state index in [9.17, 15) is 9.18 Å². The smallest absolute Gasteiger partial charge is 0.259 e. The van der Waals surface area contributed by atoms with Crippen LogP contribution in [0.2, 0.25) is 5.02 Å². The van der Waals surface area contributed by atoms with Gasteiger partial charge in [-0.05, 0) is 44.2 Å². The number of benzene rings is 1. The van der Waals surface area contributed by atoms with Crippen LogP contribution in [0.25, 0.3) is 16.2 Å². The summed E-state index contributed by atoms with van der Waals surface area (Å²) in [5.41, 5.74) is 2.93. The van der Waals surface area contributed by atoms with Gasteiger partial charge in [0.05, 0.1) is 23.0 Å². The highest BCUT2D eigenvalue weighted by Crippen LogP contribution is 2.30. The number of rotatable bonds is 5. The van der Waals surface area contributed by atoms with Crippen molar-refractivity contribution in [1.82, 2.24) is 14.4 Å². The highest BCUT2D eigenvalue weighted by Gasteiger charge is 2.16. The molecular weight excluding hydrogens is 411 g/mol. The molecule has 0 aliphatic heterocycles. The maximum absolute atomic E-state index is 13.2. The van der Waals surface area contributed by atoms with Crippen molar-refractivity contribution in [3.63, 3.8) is 0 Å². The Kier molecular flexibility index (Phi) is 5.34. The molecule has 0 spiro atoms. The molecule has 29 heavy (non-hydrogen) atoms. The van der Waals surface area contributed by atoms with Crippen LogP contribution in [0, 0.1) is 12.7 Å². The standard InChI is InChI=1S/C21H18ClFN4OS/c1-3-26(18-6-4-16(23)5-7-18)12-17-9-19(28)27-20(13(2)29-21(27)25-17)14-8-15(22)11-24-10-14/h4-11H,3,12H2,1-2H3. The zero-order valence-corrected chi connectivity index (χ0v) is 17.5. The second-order valence-electron chi connectivity index (χ2n) is 6.59. The Morgan fingerprint density at radius 2 is 1.97 bits per heavy atom. The number of halogens is 2. The Hall–Kier alpha value is -2.77. The molecule has 4 aromatic rings. The molecule has 5 nitrogen and oxygen atoms in total. The van der Waals surface area contributed by atoms with Crippen LogP contribution in [0.4, 0.5) is 10.1 Å². The summed E-state index contributed by atoms with van der Waals surface area (Å²) in [6.45, 7) is 5.12. The molecule has 8 heteroatoms. The minimum Gasteiger partial charge on any atom is -0.366 e. The first-order chi connectivity index (χ1) is 14.0. The van der Waals surface area contributed by atoms with Crippen LogP contribution in [0.5, 0.6) is 0 Å². The first kappa shape index (κ1) is 19.5. The summed E-state index contributed by atoms with van der Waals surface area (Å²) in [6, 6.07) is 9.64. The molecule has 0 fully saturated rings. The van der Waals surface area contributed by atoms with Gasteiger partial charge in [-0.25, -0.2) is 9.37 Å². The van der Waals surface area contributed by atoms with Crippen LogP contribution in [-0.4, -0.2) is 20.9 Å². The van der Waals surface area contributed by atoms with E-state index in [-0.39, 0.29) is 11.4 Å². The first-order valence-electron chi connectivity index (χ1n) is 9.09. The molecule has 0 saturated carbocycles. The van der Waals surface area contributed by atoms with Crippen LogP contribution in [0.3, 0.4) is 0 Å². The highest BCUT2D eigenvalue weighted by atomic mass is 35.5. The number of hydrogen-bond acceptors (Lipinski definition) is 5. The third kappa shape index (κ3) is 3.88. The Labute approximate surface area is 176 Å². The largest absolute Gasteiger partial charge is 0.366 e. The summed E-state index contributed by atoms with van der Waals surface area (Å²) in [4.78, 5) is 25.4. The van der Waals surface area contributed by atoms with Gasteiger partial charge in [-0.3, -0.25) is 14.2 Å². The van der Waals surface area contributed by atoms with Gasteiger partial charge in [0.25, 0.3) is 5.56 Å². The number of pyridine rings is 1. The van der Waals surface area contributed by atoms with Gasteiger partial charge in [0.15, 0.2) is 4.96 Å². The monoisotopic (exact) mass is 428 g/mol. The van der Waals surface area contributed by atoms with Crippen LogP contribution < -0.4 is 10.5 Å². The minimum atomic E-state index is -0.278. The predicted molar refractivity (Wildman–Crippen MR) is 115 cm³/mol. The van der Waals surface area contributed by atoms with E-state index in [2.05, 4.69) is 4.98 Å². The van der Waals surface area contributed by atoms with E-state index in [1.54, 1.807) is 41.1 Å². The predicted octanol–water partition coefficient (Wildman–Crippen LogP) is 4.95. The average Bonchev–Trinajstić information content (AvgIpc) is 3.03. The topological polar surface area (TPSA) is 50.5 Å². The highest BCUT2D eigenvalue weighted by molar-refractivity contribution is 7.17. The van der Waals surface area contributed by atoms with E-state index >= 15 is 0 Å². The summed E-state index contributed by atoms with van der Waals surface area (Å²) in [7, 11) is 0. The molecule has 0 N–H and O–H groups in total. The van der Waals surface area contributed by atoms with Crippen molar-refractivity contribution in [3.8, 4) is 11.3 Å². The molecule has 0 saturated heterocycles. The molecule has 0 aliphatic carbocycles. The second-order valence-corrected chi connectivity index (χ2v) is 8.21. The number of aromatic nitrogens is 3. The lowest BCUT2D eigenvalue weighted by Crippen LogP contribution is -2.24. The Bertz CT molecular complexity index is 1240. The molecule has 3 heterocycles. The normalized spacial score (nSPS) is 11.2. The number of anilines is 1. The maximum atomic E-state index is 13.2. The molecular formula is C21H18ClFN4OS. The van der Waals surface area contributed by atoms with Crippen molar-refractivity contribution >= 4 is 33.6 Å². The fraction of sp³-hybridized carbons (Fsp3) is 0.190. The molecule has 0 atom stereocenters. The average molecular weight is 429 g/mol. The summed E-state index contributed by atoms with van der Waals surface area (Å²) < 4.78 is 14.8. The molecule has 1 aromatic carbocycles. The van der Waals surface area contributed by atoms with Crippen molar-refractivity contribution in [1.29, 1.82) is 0 Å². The van der Waals surface area contributed by atoms with Gasteiger partial charge in [-0.1, -0.05) is 11.6 Å². The zero-order chi connectivity index (χ0) is 20.5. The summed E-state index contributed by atoms with van der Waals surface area (Å²) in [6.07, 6.45) is 3.25. The molecule has 3 aromatic heterocycles. The fourth-order valence-corrected chi connectivity index (χ4v) is 4.50. The van der Waals surface area contributed by atoms with Crippen LogP contribution in [0.15, 0.2) is 53.6 Å². The Morgan fingerprint density at radius 3 is 2.66 bits per heavy atom. The molecule has 0 aliphatic rings. The van der Waals surface area contributed by atoms with Gasteiger partial charge < -0.3 is 4.90 Å². The number of hydrogen-bond donors (Lipinski definition) is 0. The molecule has 0 unspecified atom stereocenters. The third-order valence-electron chi connectivity index (χ3n) is 4.65. The van der Waals surface area contributed by atoms with Crippen LogP contribution >= 0.6 is 22.9 Å². The van der Waals surface area contributed by atoms with Crippen molar-refractivity contribution in [2.75, 3.05) is 11.4 Å². The lowest BCUT2D eigenvalue weighted by atomic mass is 10.2. The zero-order valence-electron chi connectivity index (χ0n) is 15.9. The lowest BCUT2D eigenvalue weighted by molar-refractivity contribution is 0.627. The summed E-state index contributed by atoms with van der Waals surface area (Å²) in [5.74, 6) is -0.278. The number of thiazole rings is 1. The molecule has 0 bridgehead atoms. The van der Waals surface area contributed by atoms with Crippen LogP contribution in [0.1, 0.15) is 17.5 Å². The van der Waals surface area contributed by atoms with Crippen LogP contribution in [-0.2, 0) is 6.54 Å². The Morgan fingerprint density at radius 1 is 1.21 bits per heavy atom. The van der Waals surface area contributed by atoms with Gasteiger partial charge in [-0.2, -0.15) is 0 Å². The SMILES string of the molecule is CCN(Cc1cc(=O)n2c(-c3cncc(Cl)c3)c(C)sc2n1)c1ccc(F)cc1. The van der Waals surface area contributed by atoms with Gasteiger partial charge in [-0.15, -0.1) is 11.3 Å². The van der Waals surface area contributed by atoms with Crippen molar-refractivity contribution in [2.24, 2.45) is 0 Å². The van der Waals surface area contributed by atoms with Crippen molar-refractivity contribution in [3.05, 3.63) is 80.6 Å². The van der Waals surface area contributed by atoms with E-state index in [0.29, 0.717) is 28.8 Å². The minimum absolute atomic E-state index is 0.153. The summed E-state index contributed by atoms with van der Waals surface area (Å²) >= 11 is 7.53. The van der Waals surface area contributed by atoms with Crippen molar-refractivity contribution in [2.45, 2.75) is 20.4 Å². The van der Waals surface area contributed by atoms with E-state index in [4.69, 9.17) is 16.6 Å². The summed E-state index contributed by atoms with van der Waals surface area (Å²) in [5, 5.41) is 0.511. The fourth-order valence-electron chi connectivity index (χ4n) is 3.31. The molecule has 0 amide bonds. The van der Waals surface area contributed by atoms with Gasteiger partial charge in [0, 0.05) is 41.1 Å². The van der Waals surface area contributed by atoms with E-state index in [1.807, 2.05) is 18.7 Å². The number of fused-ring (bicyclic) bond motifs is 1. The number of aryl methyl sites for hydroxylation is 1. The van der Waals surface area contributed by atoms with E-state index < -0.39 is 0 Å². The Balaban J connectivity index is 1.75. The quantitative estimate of drug-likeness (QED) is 0.451. The molecule has 0 radical (unpaired) electrons. The van der Waals surface area contributed by atoms with Gasteiger partial charge in [0.1, 0.15) is 5.82 Å². The first-order valence-corrected chi connectivity index (χ1v) is 10.3. The molecule has 148 valence electrons. The lowest BCUT2D eigenvalue weighted by Gasteiger charge is -2.22. The van der Waals surface area contributed by atoms with Gasteiger partial charge >= 0.3 is 0 Å². The van der Waals surface area contributed by atoms with Crippen molar-refractivity contribution < 1.29 is 4.39 Å². The number of nitrogens with zero attached hydrogens (tertiary/aromatic N) is 4. The third-order valence-corrected chi connectivity index (χ3v) is 5.81. The van der Waals surface area contributed by atoms with Gasteiger partial charge in [0.2, 0.25) is 0 Å².